The van der Waals surface area contributed by atoms with E-state index in [1.807, 2.05) is 30.3 Å². The minimum absolute atomic E-state index is 0.109. The first-order valence-electron chi connectivity index (χ1n) is 8.25. The molecule has 0 radical (unpaired) electrons. The number of nitrogens with zero attached hydrogens (tertiary/aromatic N) is 1. The molecule has 0 spiro atoms. The second-order valence-corrected chi connectivity index (χ2v) is 8.82. The number of nitrogens with one attached hydrogen (secondary N) is 2. The molecule has 0 unspecified atom stereocenters. The fourth-order valence-electron chi connectivity index (χ4n) is 2.59. The predicted octanol–water partition coefficient (Wildman–Crippen LogP) is 0.528. The molecule has 2 heterocycles. The summed E-state index contributed by atoms with van der Waals surface area (Å²) >= 11 is 1.12. The maximum atomic E-state index is 12.6. The van der Waals surface area contributed by atoms with Gasteiger partial charge in [-0.15, -0.1) is 11.3 Å². The molecule has 1 aliphatic rings. The molecule has 8 nitrogen and oxygen atoms in total. The van der Waals surface area contributed by atoms with Gasteiger partial charge in [0.25, 0.3) is 10.0 Å². The molecule has 0 saturated carbocycles. The van der Waals surface area contributed by atoms with Crippen LogP contribution < -0.4 is 10.6 Å². The molecule has 2 aromatic rings. The van der Waals surface area contributed by atoms with Crippen molar-refractivity contribution in [2.45, 2.75) is 17.0 Å². The lowest BCUT2D eigenvalue weighted by Crippen LogP contribution is -2.47. The first-order chi connectivity index (χ1) is 13.0. The number of hydrogen-bond donors (Lipinski definition) is 2. The fraction of sp³-hybridized carbons (Fsp3) is 0.294. The Kier molecular flexibility index (Phi) is 6.22. The van der Waals surface area contributed by atoms with Crippen molar-refractivity contribution < 1.29 is 22.7 Å². The molecule has 1 atom stereocenters. The van der Waals surface area contributed by atoms with Crippen LogP contribution in [0, 0.1) is 0 Å². The van der Waals surface area contributed by atoms with Gasteiger partial charge in [0.2, 0.25) is 0 Å². The molecule has 10 heteroatoms. The van der Waals surface area contributed by atoms with Crippen molar-refractivity contribution in [2.75, 3.05) is 19.7 Å². The summed E-state index contributed by atoms with van der Waals surface area (Å²) in [7, 11) is -3.68. The van der Waals surface area contributed by atoms with Crippen molar-refractivity contribution >= 4 is 33.2 Å². The summed E-state index contributed by atoms with van der Waals surface area (Å²) in [5, 5.41) is 6.62. The summed E-state index contributed by atoms with van der Waals surface area (Å²) in [6.07, 6.45) is -0.844. The molecule has 1 aromatic heterocycles. The van der Waals surface area contributed by atoms with E-state index in [0.29, 0.717) is 0 Å². The van der Waals surface area contributed by atoms with E-state index >= 15 is 0 Å². The Morgan fingerprint density at radius 2 is 1.85 bits per heavy atom. The fourth-order valence-corrected chi connectivity index (χ4v) is 5.22. The van der Waals surface area contributed by atoms with Gasteiger partial charge in [0.15, 0.2) is 0 Å². The van der Waals surface area contributed by atoms with Gasteiger partial charge in [-0.25, -0.2) is 8.42 Å². The van der Waals surface area contributed by atoms with Gasteiger partial charge in [0, 0.05) is 13.1 Å². The molecular formula is C17H19N3O5S2. The highest BCUT2D eigenvalue weighted by Crippen LogP contribution is 2.25. The Hall–Kier alpha value is -2.27. The third-order valence-corrected chi connectivity index (χ3v) is 7.20. The van der Waals surface area contributed by atoms with Crippen LogP contribution in [0.15, 0.2) is 52.1 Å². The number of carbonyl (C=O) groups is 2. The highest BCUT2D eigenvalue weighted by molar-refractivity contribution is 7.91. The number of hydrogen-bond acceptors (Lipinski definition) is 6. The molecule has 2 amide bonds. The number of amides is 2. The molecule has 1 aliphatic heterocycles. The van der Waals surface area contributed by atoms with E-state index in [0.717, 1.165) is 16.9 Å². The lowest BCUT2D eigenvalue weighted by atomic mass is 10.2. The first kappa shape index (κ1) is 19.5. The summed E-state index contributed by atoms with van der Waals surface area (Å²) in [5.74, 6) is -1.63. The van der Waals surface area contributed by atoms with E-state index in [2.05, 4.69) is 10.6 Å². The molecule has 3 rings (SSSR count). The average molecular weight is 409 g/mol. The van der Waals surface area contributed by atoms with E-state index in [-0.39, 0.29) is 30.5 Å². The molecular weight excluding hydrogens is 390 g/mol. The summed E-state index contributed by atoms with van der Waals surface area (Å²) < 4.78 is 32.0. The van der Waals surface area contributed by atoms with Crippen LogP contribution in [0.4, 0.5) is 0 Å². The number of ether oxygens (including phenoxy) is 1. The van der Waals surface area contributed by atoms with Gasteiger partial charge < -0.3 is 15.4 Å². The molecule has 144 valence electrons. The number of thiophene rings is 1. The standard InChI is InChI=1S/C17H19N3O5S2/c21-16(18-11-13-5-2-1-3-6-13)17(22)19-12-14-20(8-9-25-14)27(23,24)15-7-4-10-26-15/h1-7,10,14H,8-9,11-12H2,(H,18,21)(H,19,22)/t14-/m0/s1. The summed E-state index contributed by atoms with van der Waals surface area (Å²) in [5.41, 5.74) is 0.867. The second kappa shape index (κ2) is 8.61. The van der Waals surface area contributed by atoms with Gasteiger partial charge in [0.05, 0.1) is 13.2 Å². The van der Waals surface area contributed by atoms with Crippen molar-refractivity contribution in [1.29, 1.82) is 0 Å². The van der Waals surface area contributed by atoms with Crippen LogP contribution in [-0.2, 0) is 30.9 Å². The third-order valence-electron chi connectivity index (χ3n) is 3.94. The smallest absolute Gasteiger partial charge is 0.309 e. The van der Waals surface area contributed by atoms with Crippen molar-refractivity contribution in [3.63, 3.8) is 0 Å². The summed E-state index contributed by atoms with van der Waals surface area (Å²) in [6, 6.07) is 12.4. The third kappa shape index (κ3) is 4.72. The highest BCUT2D eigenvalue weighted by Gasteiger charge is 2.37. The Labute approximate surface area is 161 Å². The molecule has 0 aliphatic carbocycles. The minimum atomic E-state index is -3.68. The van der Waals surface area contributed by atoms with Gasteiger partial charge in [-0.2, -0.15) is 4.31 Å². The maximum absolute atomic E-state index is 12.6. The van der Waals surface area contributed by atoms with Crippen molar-refractivity contribution in [1.82, 2.24) is 14.9 Å². The Balaban J connectivity index is 1.52. The Morgan fingerprint density at radius 3 is 2.56 bits per heavy atom. The lowest BCUT2D eigenvalue weighted by Gasteiger charge is -2.22. The lowest BCUT2D eigenvalue weighted by molar-refractivity contribution is -0.139. The van der Waals surface area contributed by atoms with E-state index in [4.69, 9.17) is 4.74 Å². The largest absolute Gasteiger partial charge is 0.359 e. The van der Waals surface area contributed by atoms with Crippen LogP contribution in [0.1, 0.15) is 5.56 Å². The molecule has 1 saturated heterocycles. The maximum Gasteiger partial charge on any atom is 0.309 e. The highest BCUT2D eigenvalue weighted by atomic mass is 32.2. The van der Waals surface area contributed by atoms with E-state index in [9.17, 15) is 18.0 Å². The van der Waals surface area contributed by atoms with Gasteiger partial charge in [0.1, 0.15) is 10.4 Å². The topological polar surface area (TPSA) is 105 Å². The van der Waals surface area contributed by atoms with Crippen LogP contribution in [-0.4, -0.2) is 50.5 Å². The summed E-state index contributed by atoms with van der Waals surface area (Å²) in [4.78, 5) is 23.9. The zero-order chi connectivity index (χ0) is 19.3. The molecule has 0 bridgehead atoms. The Bertz CT molecular complexity index is 885. The van der Waals surface area contributed by atoms with E-state index in [1.54, 1.807) is 11.4 Å². The van der Waals surface area contributed by atoms with E-state index in [1.165, 1.54) is 10.4 Å². The quantitative estimate of drug-likeness (QED) is 0.677. The molecule has 1 aromatic carbocycles. The number of sulfonamides is 1. The van der Waals surface area contributed by atoms with Crippen molar-refractivity contribution in [3.05, 3.63) is 53.4 Å². The first-order valence-corrected chi connectivity index (χ1v) is 10.6. The van der Waals surface area contributed by atoms with Gasteiger partial charge >= 0.3 is 11.8 Å². The van der Waals surface area contributed by atoms with Gasteiger partial charge in [-0.1, -0.05) is 36.4 Å². The van der Waals surface area contributed by atoms with Crippen molar-refractivity contribution in [2.24, 2.45) is 0 Å². The number of benzene rings is 1. The van der Waals surface area contributed by atoms with Crippen LogP contribution in [0.2, 0.25) is 0 Å². The van der Waals surface area contributed by atoms with Crippen LogP contribution >= 0.6 is 11.3 Å². The zero-order valence-electron chi connectivity index (χ0n) is 14.3. The van der Waals surface area contributed by atoms with Crippen LogP contribution in [0.25, 0.3) is 0 Å². The second-order valence-electron chi connectivity index (χ2n) is 5.75. The zero-order valence-corrected chi connectivity index (χ0v) is 16.0. The summed E-state index contributed by atoms with van der Waals surface area (Å²) in [6.45, 7) is 0.542. The number of carbonyl (C=O) groups excluding carboxylic acids is 2. The van der Waals surface area contributed by atoms with Crippen LogP contribution in [0.5, 0.6) is 0 Å². The number of rotatable bonds is 6. The molecule has 1 fully saturated rings. The monoisotopic (exact) mass is 409 g/mol. The van der Waals surface area contributed by atoms with Crippen LogP contribution in [0.3, 0.4) is 0 Å². The van der Waals surface area contributed by atoms with Crippen molar-refractivity contribution in [3.8, 4) is 0 Å². The van der Waals surface area contributed by atoms with Gasteiger partial charge in [-0.05, 0) is 17.0 Å². The average Bonchev–Trinajstić information content (AvgIpc) is 3.37. The molecule has 2 N–H and O–H groups in total. The predicted molar refractivity (Wildman–Crippen MR) is 99.2 cm³/mol. The normalized spacial score (nSPS) is 17.6. The van der Waals surface area contributed by atoms with E-state index < -0.39 is 28.1 Å². The molecule has 27 heavy (non-hydrogen) atoms. The minimum Gasteiger partial charge on any atom is -0.359 e. The SMILES string of the molecule is O=C(NCc1ccccc1)C(=O)NC[C@@H]1OCCN1S(=O)(=O)c1cccs1. The Morgan fingerprint density at radius 1 is 1.11 bits per heavy atom. The van der Waals surface area contributed by atoms with Gasteiger partial charge in [-0.3, -0.25) is 9.59 Å².